The van der Waals surface area contributed by atoms with Gasteiger partial charge < -0.3 is 0 Å². The van der Waals surface area contributed by atoms with Crippen molar-refractivity contribution in [2.45, 2.75) is 11.1 Å². The molecule has 0 amide bonds. The molecule has 132 valence electrons. The van der Waals surface area contributed by atoms with Crippen molar-refractivity contribution in [2.24, 2.45) is 5.14 Å². The first kappa shape index (κ1) is 18.0. The summed E-state index contributed by atoms with van der Waals surface area (Å²) in [4.78, 5) is 3.61. The van der Waals surface area contributed by atoms with Gasteiger partial charge in [-0.3, -0.25) is 4.57 Å². The molecule has 0 atom stereocenters. The van der Waals surface area contributed by atoms with E-state index in [0.29, 0.717) is 11.3 Å². The highest BCUT2D eigenvalue weighted by Crippen LogP contribution is 2.32. The predicted octanol–water partition coefficient (Wildman–Crippen LogP) is 3.22. The Morgan fingerprint density at radius 1 is 1.16 bits per heavy atom. The summed E-state index contributed by atoms with van der Waals surface area (Å²) in [5.74, 6) is 0.153. The Kier molecular flexibility index (Phi) is 4.68. The standard InChI is InChI=1S/C15H11F3IN3O2S/c16-15(17,18)13-9-22(14(21-13)10-2-1-7-19-8-10)11-3-5-12(6-4-11)25(20,23)24/h1-9H,(H2,20,23,24). The van der Waals surface area contributed by atoms with Gasteiger partial charge in [-0.25, -0.2) is 18.5 Å². The molecule has 2 aromatic rings. The quantitative estimate of drug-likeness (QED) is 0.685. The lowest BCUT2D eigenvalue weighted by molar-refractivity contribution is -0.140. The minimum Gasteiger partial charge on any atom is -0.299 e. The summed E-state index contributed by atoms with van der Waals surface area (Å²) in [5.41, 5.74) is -0.0612. The van der Waals surface area contributed by atoms with Gasteiger partial charge in [0.2, 0.25) is 10.0 Å². The van der Waals surface area contributed by atoms with Crippen LogP contribution in [0.4, 0.5) is 13.2 Å². The Labute approximate surface area is 151 Å². The van der Waals surface area contributed by atoms with Crippen molar-refractivity contribution in [3.63, 3.8) is 0 Å². The van der Waals surface area contributed by atoms with Gasteiger partial charge in [0.1, 0.15) is 5.82 Å². The smallest absolute Gasteiger partial charge is 0.299 e. The first-order chi connectivity index (χ1) is 11.7. The maximum atomic E-state index is 13.1. The van der Waals surface area contributed by atoms with Gasteiger partial charge in [0, 0.05) is 17.5 Å². The van der Waals surface area contributed by atoms with Crippen LogP contribution in [0.1, 0.15) is 11.5 Å². The third-order valence-electron chi connectivity index (χ3n) is 3.30. The number of hydrogen-bond donors (Lipinski definition) is 1. The zero-order chi connectivity index (χ0) is 18.2. The van der Waals surface area contributed by atoms with Crippen LogP contribution >= 0.6 is 20.7 Å². The molecule has 25 heavy (non-hydrogen) atoms. The Hall–Kier alpha value is -1.79. The predicted molar refractivity (Wildman–Crippen MR) is 97.1 cm³/mol. The van der Waals surface area contributed by atoms with Gasteiger partial charge >= 0.3 is 6.18 Å². The third kappa shape index (κ3) is 3.90. The van der Waals surface area contributed by atoms with Gasteiger partial charge in [0.25, 0.3) is 0 Å². The van der Waals surface area contributed by atoms with Gasteiger partial charge in [-0.05, 0) is 32.4 Å². The van der Waals surface area contributed by atoms with E-state index in [1.54, 1.807) is 12.2 Å². The number of alkyl halides is 3. The van der Waals surface area contributed by atoms with Crippen LogP contribution in [0, 0.1) is 0 Å². The number of halogens is 4. The number of benzene rings is 1. The van der Waals surface area contributed by atoms with Crippen molar-refractivity contribution >= 4 is 40.3 Å². The first-order valence-corrected chi connectivity index (χ1v) is 10.8. The summed E-state index contributed by atoms with van der Waals surface area (Å²) in [6.45, 7) is 0. The minimum atomic E-state index is -4.58. The van der Waals surface area contributed by atoms with Crippen LogP contribution in [0.15, 0.2) is 51.6 Å². The van der Waals surface area contributed by atoms with E-state index in [4.69, 9.17) is 5.14 Å². The fraction of sp³-hybridized carbons (Fsp3) is 0.0667. The average Bonchev–Trinajstić information content (AvgIpc) is 3.00. The van der Waals surface area contributed by atoms with Crippen molar-refractivity contribution in [2.75, 3.05) is 0 Å². The maximum absolute atomic E-state index is 13.1. The zero-order valence-corrected chi connectivity index (χ0v) is 15.4. The fourth-order valence-corrected chi connectivity index (χ4v) is 4.20. The molecule has 0 spiro atoms. The molecular weight excluding hydrogens is 470 g/mol. The van der Waals surface area contributed by atoms with Gasteiger partial charge in [-0.15, -0.1) is 0 Å². The number of nitrogens with zero attached hydrogens (tertiary/aromatic N) is 2. The molecule has 1 aromatic heterocycles. The fourth-order valence-electron chi connectivity index (χ4n) is 2.16. The van der Waals surface area contributed by atoms with E-state index in [9.17, 15) is 21.6 Å². The Morgan fingerprint density at radius 3 is 2.36 bits per heavy atom. The molecule has 3 rings (SSSR count). The molecule has 1 aromatic carbocycles. The number of allylic oxidation sites excluding steroid dienone is 3. The van der Waals surface area contributed by atoms with Gasteiger partial charge in [-0.1, -0.05) is 32.9 Å². The number of nitrogens with two attached hydrogens (primary N) is 1. The number of hydrogen-bond acceptors (Lipinski definition) is 3. The summed E-state index contributed by atoms with van der Waals surface area (Å²) in [5, 5.41) is 5.04. The molecule has 10 heteroatoms. The Balaban J connectivity index is 2.14. The Bertz CT molecular complexity index is 1000. The van der Waals surface area contributed by atoms with Crippen LogP contribution in [0.25, 0.3) is 11.3 Å². The number of rotatable bonds is 3. The molecular formula is C15H11F3IN3O2S. The van der Waals surface area contributed by atoms with E-state index < -0.39 is 21.9 Å². The summed E-state index contributed by atoms with van der Waals surface area (Å²) < 4.78 is 67.0. The van der Waals surface area contributed by atoms with E-state index in [-0.39, 0.29) is 31.5 Å². The largest absolute Gasteiger partial charge is 0.434 e. The van der Waals surface area contributed by atoms with E-state index in [2.05, 4.69) is 4.98 Å². The van der Waals surface area contributed by atoms with Crippen molar-refractivity contribution in [3.05, 3.63) is 58.2 Å². The normalized spacial score (nSPS) is 15.0. The lowest BCUT2D eigenvalue weighted by Crippen LogP contribution is -2.12. The van der Waals surface area contributed by atoms with Crippen LogP contribution in [-0.4, -0.2) is 22.0 Å². The highest BCUT2D eigenvalue weighted by Gasteiger charge is 2.35. The topological polar surface area (TPSA) is 78.0 Å². The van der Waals surface area contributed by atoms with Crippen LogP contribution in [0.2, 0.25) is 0 Å². The van der Waals surface area contributed by atoms with Gasteiger partial charge in [0.15, 0.2) is 5.69 Å². The summed E-state index contributed by atoms with van der Waals surface area (Å²) in [6, 6.07) is 5.26. The molecule has 0 bridgehead atoms. The second kappa shape index (κ2) is 6.50. The molecule has 2 heterocycles. The van der Waals surface area contributed by atoms with Gasteiger partial charge in [-0.2, -0.15) is 13.2 Å². The molecule has 1 aliphatic heterocycles. The second-order valence-corrected chi connectivity index (χ2v) is 8.65. The van der Waals surface area contributed by atoms with Crippen molar-refractivity contribution in [1.29, 1.82) is 0 Å². The van der Waals surface area contributed by atoms with Crippen LogP contribution in [0.5, 0.6) is 0 Å². The SMILES string of the molecule is NS(=O)(=O)c1ccc(-n2cc(C(F)(F)F)nc2C2=CI=CC=C2)cc1. The van der Waals surface area contributed by atoms with Gasteiger partial charge in [0.05, 0.1) is 4.90 Å². The van der Waals surface area contributed by atoms with Crippen molar-refractivity contribution < 1.29 is 21.6 Å². The van der Waals surface area contributed by atoms with Crippen molar-refractivity contribution in [1.82, 2.24) is 9.55 Å². The van der Waals surface area contributed by atoms with E-state index >= 15 is 0 Å². The molecule has 0 saturated heterocycles. The summed E-state index contributed by atoms with van der Waals surface area (Å²) >= 11 is -0.379. The number of imidazole rings is 1. The van der Waals surface area contributed by atoms with E-state index in [0.717, 1.165) is 6.20 Å². The van der Waals surface area contributed by atoms with E-state index in [1.807, 2.05) is 8.09 Å². The first-order valence-electron chi connectivity index (χ1n) is 6.78. The molecule has 2 N–H and O–H groups in total. The number of aromatic nitrogens is 2. The Morgan fingerprint density at radius 2 is 1.84 bits per heavy atom. The third-order valence-corrected chi connectivity index (χ3v) is 6.09. The van der Waals surface area contributed by atoms with Crippen molar-refractivity contribution in [3.8, 4) is 5.69 Å². The molecule has 0 unspecified atom stereocenters. The van der Waals surface area contributed by atoms with Crippen LogP contribution < -0.4 is 5.14 Å². The van der Waals surface area contributed by atoms with E-state index in [1.165, 1.54) is 28.8 Å². The molecule has 0 aliphatic carbocycles. The lowest BCUT2D eigenvalue weighted by Gasteiger charge is -2.09. The zero-order valence-electron chi connectivity index (χ0n) is 12.4. The summed E-state index contributed by atoms with van der Waals surface area (Å²) in [7, 11) is -3.88. The van der Waals surface area contributed by atoms with Crippen LogP contribution in [0.3, 0.4) is 0 Å². The maximum Gasteiger partial charge on any atom is 0.434 e. The molecule has 5 nitrogen and oxygen atoms in total. The van der Waals surface area contributed by atoms with Crippen LogP contribution in [-0.2, 0) is 16.2 Å². The average molecular weight is 481 g/mol. The lowest BCUT2D eigenvalue weighted by atomic mass is 10.2. The molecule has 0 fully saturated rings. The number of primary sulfonamides is 1. The minimum absolute atomic E-state index is 0.119. The molecule has 0 saturated carbocycles. The highest BCUT2D eigenvalue weighted by atomic mass is 127. The highest BCUT2D eigenvalue weighted by molar-refractivity contribution is 14.2. The molecule has 1 aliphatic rings. The second-order valence-electron chi connectivity index (χ2n) is 5.03. The summed E-state index contributed by atoms with van der Waals surface area (Å²) in [6.07, 6.45) is -0.201. The number of sulfonamides is 1. The monoisotopic (exact) mass is 481 g/mol. The molecule has 0 radical (unpaired) electrons.